The first-order chi connectivity index (χ1) is 6.50. The molecule has 0 fully saturated rings. The Bertz CT molecular complexity index is 351. The summed E-state index contributed by atoms with van der Waals surface area (Å²) in [6.45, 7) is 7.64. The fraction of sp³-hybridized carbons (Fsp3) is 0.700. The van der Waals surface area contributed by atoms with E-state index in [-0.39, 0.29) is 11.1 Å². The van der Waals surface area contributed by atoms with Crippen molar-refractivity contribution in [2.45, 2.75) is 33.9 Å². The lowest BCUT2D eigenvalue weighted by atomic mass is 9.96. The number of hydrogen-bond acceptors (Lipinski definition) is 2. The number of hydrogen-bond donors (Lipinski definition) is 1. The zero-order chi connectivity index (χ0) is 10.8. The maximum atomic E-state index is 11.7. The average Bonchev–Trinajstić information content (AvgIpc) is 2.47. The molecule has 0 aliphatic heterocycles. The summed E-state index contributed by atoms with van der Waals surface area (Å²) >= 11 is 4.27. The van der Waals surface area contributed by atoms with Crippen LogP contribution in [0.2, 0.25) is 0 Å². The molecule has 80 valence electrons. The molecule has 1 heterocycles. The number of imidazole rings is 1. The Labute approximate surface area is 90.2 Å². The van der Waals surface area contributed by atoms with E-state index in [2.05, 4.69) is 26.5 Å². The van der Waals surface area contributed by atoms with E-state index in [1.807, 2.05) is 19.3 Å². The van der Waals surface area contributed by atoms with Gasteiger partial charge >= 0.3 is 5.69 Å². The van der Waals surface area contributed by atoms with Gasteiger partial charge in [-0.25, -0.2) is 4.79 Å². The largest absolute Gasteiger partial charge is 0.328 e. The lowest BCUT2D eigenvalue weighted by Gasteiger charge is -2.21. The van der Waals surface area contributed by atoms with Crippen LogP contribution in [-0.2, 0) is 13.1 Å². The van der Waals surface area contributed by atoms with Crippen LogP contribution in [0, 0.1) is 5.41 Å². The van der Waals surface area contributed by atoms with Gasteiger partial charge in [-0.15, -0.1) is 0 Å². The lowest BCUT2D eigenvalue weighted by Crippen LogP contribution is -2.30. The van der Waals surface area contributed by atoms with Gasteiger partial charge in [-0.3, -0.25) is 9.13 Å². The monoisotopic (exact) mass is 214 g/mol. The average molecular weight is 214 g/mol. The third-order valence-electron chi connectivity index (χ3n) is 2.29. The smallest absolute Gasteiger partial charge is 0.300 e. The fourth-order valence-electron chi connectivity index (χ4n) is 1.33. The number of thiol groups is 1. The standard InChI is InChI=1S/C10H18N2OS/c1-4-11-5-6-12(9(11)13)7-10(2,3)8-14/h5-6,14H,4,7-8H2,1-3H3. The second-order valence-electron chi connectivity index (χ2n) is 4.32. The first kappa shape index (κ1) is 11.4. The van der Waals surface area contributed by atoms with Crippen molar-refractivity contribution in [2.24, 2.45) is 5.41 Å². The predicted molar refractivity (Wildman–Crippen MR) is 62.0 cm³/mol. The maximum absolute atomic E-state index is 11.7. The van der Waals surface area contributed by atoms with Crippen LogP contribution < -0.4 is 5.69 Å². The van der Waals surface area contributed by atoms with E-state index in [4.69, 9.17) is 0 Å². The zero-order valence-electron chi connectivity index (χ0n) is 9.03. The molecule has 1 aromatic heterocycles. The summed E-state index contributed by atoms with van der Waals surface area (Å²) in [6, 6.07) is 0. The van der Waals surface area contributed by atoms with Crippen LogP contribution in [0.15, 0.2) is 17.2 Å². The third kappa shape index (κ3) is 2.44. The van der Waals surface area contributed by atoms with Crippen LogP contribution in [0.5, 0.6) is 0 Å². The molecule has 0 aliphatic rings. The molecule has 0 unspecified atom stereocenters. The number of rotatable bonds is 4. The molecule has 0 spiro atoms. The summed E-state index contributed by atoms with van der Waals surface area (Å²) in [6.07, 6.45) is 3.67. The normalized spacial score (nSPS) is 12.0. The number of nitrogens with zero attached hydrogens (tertiary/aromatic N) is 2. The van der Waals surface area contributed by atoms with Gasteiger partial charge in [0, 0.05) is 25.5 Å². The molecule has 0 saturated heterocycles. The van der Waals surface area contributed by atoms with Gasteiger partial charge in [-0.05, 0) is 18.1 Å². The highest BCUT2D eigenvalue weighted by atomic mass is 32.1. The van der Waals surface area contributed by atoms with Crippen molar-refractivity contribution in [3.63, 3.8) is 0 Å². The van der Waals surface area contributed by atoms with Gasteiger partial charge in [0.25, 0.3) is 0 Å². The van der Waals surface area contributed by atoms with Crippen molar-refractivity contribution < 1.29 is 0 Å². The number of aryl methyl sites for hydroxylation is 1. The summed E-state index contributed by atoms with van der Waals surface area (Å²) in [5, 5.41) is 0. The molecule has 0 saturated carbocycles. The Morgan fingerprint density at radius 1 is 1.36 bits per heavy atom. The molecule has 3 nitrogen and oxygen atoms in total. The summed E-state index contributed by atoms with van der Waals surface area (Å²) in [5.74, 6) is 0.775. The van der Waals surface area contributed by atoms with Crippen LogP contribution in [0.1, 0.15) is 20.8 Å². The van der Waals surface area contributed by atoms with Gasteiger partial charge in [0.15, 0.2) is 0 Å². The topological polar surface area (TPSA) is 26.9 Å². The minimum atomic E-state index is 0.0624. The molecular formula is C10H18N2OS. The molecule has 0 radical (unpaired) electrons. The SMILES string of the molecule is CCn1ccn(CC(C)(C)CS)c1=O. The zero-order valence-corrected chi connectivity index (χ0v) is 9.92. The van der Waals surface area contributed by atoms with E-state index >= 15 is 0 Å². The van der Waals surface area contributed by atoms with Gasteiger partial charge in [-0.1, -0.05) is 13.8 Å². The van der Waals surface area contributed by atoms with E-state index < -0.39 is 0 Å². The molecule has 1 aromatic rings. The van der Waals surface area contributed by atoms with Crippen molar-refractivity contribution in [3.8, 4) is 0 Å². The molecule has 1 rings (SSSR count). The fourth-order valence-corrected chi connectivity index (χ4v) is 1.43. The van der Waals surface area contributed by atoms with E-state index in [9.17, 15) is 4.79 Å². The Morgan fingerprint density at radius 3 is 2.36 bits per heavy atom. The predicted octanol–water partition coefficient (Wildman–Crippen LogP) is 1.63. The highest BCUT2D eigenvalue weighted by Gasteiger charge is 2.17. The highest BCUT2D eigenvalue weighted by Crippen LogP contribution is 2.18. The van der Waals surface area contributed by atoms with Crippen LogP contribution in [0.4, 0.5) is 0 Å². The molecule has 0 amide bonds. The minimum Gasteiger partial charge on any atom is -0.300 e. The molecule has 14 heavy (non-hydrogen) atoms. The van der Waals surface area contributed by atoms with Gasteiger partial charge in [0.05, 0.1) is 0 Å². The van der Waals surface area contributed by atoms with Crippen molar-refractivity contribution in [3.05, 3.63) is 22.9 Å². The molecule has 0 aromatic carbocycles. The van der Waals surface area contributed by atoms with E-state index in [1.54, 1.807) is 9.13 Å². The van der Waals surface area contributed by atoms with Crippen LogP contribution in [-0.4, -0.2) is 14.9 Å². The Balaban J connectivity index is 2.88. The van der Waals surface area contributed by atoms with E-state index in [0.29, 0.717) is 0 Å². The van der Waals surface area contributed by atoms with Crippen molar-refractivity contribution >= 4 is 12.6 Å². The maximum Gasteiger partial charge on any atom is 0.328 e. The van der Waals surface area contributed by atoms with Crippen LogP contribution in [0.3, 0.4) is 0 Å². The third-order valence-corrected chi connectivity index (χ3v) is 3.14. The molecular weight excluding hydrogens is 196 g/mol. The summed E-state index contributed by atoms with van der Waals surface area (Å²) in [7, 11) is 0. The molecule has 4 heteroatoms. The summed E-state index contributed by atoms with van der Waals surface area (Å²) < 4.78 is 3.45. The Hall–Kier alpha value is -0.640. The van der Waals surface area contributed by atoms with Gasteiger partial charge in [0.2, 0.25) is 0 Å². The van der Waals surface area contributed by atoms with E-state index in [0.717, 1.165) is 18.8 Å². The van der Waals surface area contributed by atoms with Gasteiger partial charge in [0.1, 0.15) is 0 Å². The van der Waals surface area contributed by atoms with Crippen LogP contribution in [0.25, 0.3) is 0 Å². The summed E-state index contributed by atoms with van der Waals surface area (Å²) in [5.41, 5.74) is 0.134. The van der Waals surface area contributed by atoms with E-state index in [1.165, 1.54) is 0 Å². The van der Waals surface area contributed by atoms with Gasteiger partial charge < -0.3 is 0 Å². The highest BCUT2D eigenvalue weighted by molar-refractivity contribution is 7.80. The molecule has 0 N–H and O–H groups in total. The van der Waals surface area contributed by atoms with Crippen molar-refractivity contribution in [2.75, 3.05) is 5.75 Å². The second-order valence-corrected chi connectivity index (χ2v) is 4.63. The lowest BCUT2D eigenvalue weighted by molar-refractivity contribution is 0.345. The number of aromatic nitrogens is 2. The molecule has 0 atom stereocenters. The van der Waals surface area contributed by atoms with Crippen molar-refractivity contribution in [1.82, 2.24) is 9.13 Å². The first-order valence-corrected chi connectivity index (χ1v) is 5.50. The van der Waals surface area contributed by atoms with Crippen LogP contribution >= 0.6 is 12.6 Å². The Kier molecular flexibility index (Phi) is 3.48. The minimum absolute atomic E-state index is 0.0624. The molecule has 0 aliphatic carbocycles. The quantitative estimate of drug-likeness (QED) is 0.758. The van der Waals surface area contributed by atoms with Crippen molar-refractivity contribution in [1.29, 1.82) is 0 Å². The first-order valence-electron chi connectivity index (χ1n) is 4.86. The summed E-state index contributed by atoms with van der Waals surface area (Å²) in [4.78, 5) is 11.7. The second kappa shape index (κ2) is 4.26. The Morgan fingerprint density at radius 2 is 1.93 bits per heavy atom. The van der Waals surface area contributed by atoms with Gasteiger partial charge in [-0.2, -0.15) is 12.6 Å². The molecule has 0 bridgehead atoms.